The van der Waals surface area contributed by atoms with Gasteiger partial charge in [0.25, 0.3) is 0 Å². The van der Waals surface area contributed by atoms with Gasteiger partial charge in [-0.25, -0.2) is 14.8 Å². The van der Waals surface area contributed by atoms with Crippen molar-refractivity contribution in [1.29, 1.82) is 0 Å². The van der Waals surface area contributed by atoms with Gasteiger partial charge >= 0.3 is 5.97 Å². The lowest BCUT2D eigenvalue weighted by atomic mass is 10.0. The third-order valence-electron chi connectivity index (χ3n) is 4.93. The molecule has 0 radical (unpaired) electrons. The summed E-state index contributed by atoms with van der Waals surface area (Å²) in [4.78, 5) is 21.1. The quantitative estimate of drug-likeness (QED) is 0.466. The fourth-order valence-corrected chi connectivity index (χ4v) is 4.02. The van der Waals surface area contributed by atoms with Crippen LogP contribution in [-0.4, -0.2) is 21.0 Å². The number of aromatic carboxylic acids is 1. The Bertz CT molecular complexity index is 1210. The van der Waals surface area contributed by atoms with Gasteiger partial charge in [-0.05, 0) is 55.2 Å². The Morgan fingerprint density at radius 3 is 2.54 bits per heavy atom. The van der Waals surface area contributed by atoms with Crippen molar-refractivity contribution in [2.75, 3.05) is 5.32 Å². The molecule has 0 amide bonds. The summed E-state index contributed by atoms with van der Waals surface area (Å²) in [6, 6.07) is 11.4. The Morgan fingerprint density at radius 2 is 1.79 bits per heavy atom. The summed E-state index contributed by atoms with van der Waals surface area (Å²) in [5, 5.41) is 15.7. The summed E-state index contributed by atoms with van der Waals surface area (Å²) in [5.41, 5.74) is 6.56. The van der Waals surface area contributed by atoms with Crippen LogP contribution < -0.4 is 5.32 Å². The molecule has 2 aromatic carbocycles. The predicted molar refractivity (Wildman–Crippen MR) is 114 cm³/mol. The van der Waals surface area contributed by atoms with Gasteiger partial charge in [0, 0.05) is 16.6 Å². The van der Waals surface area contributed by atoms with Gasteiger partial charge in [-0.3, -0.25) is 0 Å². The standard InChI is InChI=1S/C22H19N3O2S/c1-12-4-6-15(8-14(12)3)17-10-28-21-19(17)20(23-11-24-21)25-18-9-16(22(26)27)7-5-13(18)2/h4-11H,1-3H3,(H,26,27)(H,23,24,25). The molecule has 0 saturated carbocycles. The first kappa shape index (κ1) is 18.1. The monoisotopic (exact) mass is 389 g/mol. The van der Waals surface area contributed by atoms with Crippen LogP contribution in [0.2, 0.25) is 0 Å². The number of hydrogen-bond donors (Lipinski definition) is 2. The Morgan fingerprint density at radius 1 is 1.00 bits per heavy atom. The molecule has 0 spiro atoms. The van der Waals surface area contributed by atoms with Crippen LogP contribution in [0, 0.1) is 20.8 Å². The lowest BCUT2D eigenvalue weighted by molar-refractivity contribution is 0.0697. The summed E-state index contributed by atoms with van der Waals surface area (Å²) in [6.45, 7) is 6.13. The molecule has 4 aromatic rings. The topological polar surface area (TPSA) is 75.1 Å². The third-order valence-corrected chi connectivity index (χ3v) is 5.81. The van der Waals surface area contributed by atoms with Crippen molar-refractivity contribution >= 4 is 39.0 Å². The maximum atomic E-state index is 11.3. The largest absolute Gasteiger partial charge is 0.478 e. The van der Waals surface area contributed by atoms with E-state index < -0.39 is 5.97 Å². The van der Waals surface area contributed by atoms with E-state index in [1.807, 2.05) is 6.92 Å². The van der Waals surface area contributed by atoms with Gasteiger partial charge in [-0.2, -0.15) is 0 Å². The summed E-state index contributed by atoms with van der Waals surface area (Å²) >= 11 is 1.57. The van der Waals surface area contributed by atoms with Crippen LogP contribution in [0.3, 0.4) is 0 Å². The average Bonchev–Trinajstić information content (AvgIpc) is 3.11. The number of fused-ring (bicyclic) bond motifs is 1. The van der Waals surface area contributed by atoms with Crippen LogP contribution in [0.25, 0.3) is 21.3 Å². The van der Waals surface area contributed by atoms with E-state index in [9.17, 15) is 9.90 Å². The van der Waals surface area contributed by atoms with Crippen molar-refractivity contribution in [2.24, 2.45) is 0 Å². The number of thiophene rings is 1. The Labute approximate surface area is 166 Å². The average molecular weight is 389 g/mol. The first-order chi connectivity index (χ1) is 13.4. The van der Waals surface area contributed by atoms with Gasteiger partial charge in [0.2, 0.25) is 0 Å². The summed E-state index contributed by atoms with van der Waals surface area (Å²) < 4.78 is 0. The van der Waals surface area contributed by atoms with Gasteiger partial charge in [0.1, 0.15) is 17.0 Å². The zero-order chi connectivity index (χ0) is 19.8. The summed E-state index contributed by atoms with van der Waals surface area (Å²) in [5.74, 6) is -0.285. The summed E-state index contributed by atoms with van der Waals surface area (Å²) in [7, 11) is 0. The second-order valence-electron chi connectivity index (χ2n) is 6.81. The van der Waals surface area contributed by atoms with Crippen molar-refractivity contribution in [3.63, 3.8) is 0 Å². The minimum absolute atomic E-state index is 0.234. The fraction of sp³-hybridized carbons (Fsp3) is 0.136. The highest BCUT2D eigenvalue weighted by Gasteiger charge is 2.15. The van der Waals surface area contributed by atoms with Crippen LogP contribution in [-0.2, 0) is 0 Å². The molecule has 2 heterocycles. The van der Waals surface area contributed by atoms with Crippen molar-refractivity contribution in [3.05, 3.63) is 70.4 Å². The van der Waals surface area contributed by atoms with E-state index >= 15 is 0 Å². The number of rotatable bonds is 4. The van der Waals surface area contributed by atoms with Crippen molar-refractivity contribution < 1.29 is 9.90 Å². The van der Waals surface area contributed by atoms with Crippen LogP contribution in [0.1, 0.15) is 27.0 Å². The van der Waals surface area contributed by atoms with Crippen molar-refractivity contribution in [3.8, 4) is 11.1 Å². The maximum absolute atomic E-state index is 11.3. The first-order valence-corrected chi connectivity index (χ1v) is 9.73. The molecule has 2 aromatic heterocycles. The molecule has 2 N–H and O–H groups in total. The van der Waals surface area contributed by atoms with E-state index in [1.54, 1.807) is 29.5 Å². The van der Waals surface area contributed by atoms with E-state index in [0.717, 1.165) is 32.6 Å². The number of carboxylic acids is 1. The molecular formula is C22H19N3O2S. The molecule has 0 aliphatic heterocycles. The predicted octanol–water partition coefficient (Wildman–Crippen LogP) is 5.73. The third kappa shape index (κ3) is 3.23. The number of benzene rings is 2. The highest BCUT2D eigenvalue weighted by Crippen LogP contribution is 2.38. The van der Waals surface area contributed by atoms with E-state index in [4.69, 9.17) is 0 Å². The van der Waals surface area contributed by atoms with Gasteiger partial charge < -0.3 is 10.4 Å². The Balaban J connectivity index is 1.85. The molecule has 0 unspecified atom stereocenters. The number of nitrogens with zero attached hydrogens (tertiary/aromatic N) is 2. The zero-order valence-electron chi connectivity index (χ0n) is 15.8. The van der Waals surface area contributed by atoms with Gasteiger partial charge in [0.05, 0.1) is 10.9 Å². The molecule has 0 fully saturated rings. The molecule has 6 heteroatoms. The molecule has 0 atom stereocenters. The molecule has 140 valence electrons. The number of carboxylic acid groups (broad SMARTS) is 1. The number of hydrogen-bond acceptors (Lipinski definition) is 5. The highest BCUT2D eigenvalue weighted by molar-refractivity contribution is 7.17. The number of aromatic nitrogens is 2. The fourth-order valence-electron chi connectivity index (χ4n) is 3.11. The molecule has 4 rings (SSSR count). The number of aryl methyl sites for hydroxylation is 3. The van der Waals surface area contributed by atoms with Crippen molar-refractivity contribution in [2.45, 2.75) is 20.8 Å². The van der Waals surface area contributed by atoms with Crippen LogP contribution in [0.5, 0.6) is 0 Å². The van der Waals surface area contributed by atoms with Crippen LogP contribution in [0.15, 0.2) is 48.1 Å². The van der Waals surface area contributed by atoms with E-state index in [2.05, 4.69) is 52.7 Å². The van der Waals surface area contributed by atoms with Crippen molar-refractivity contribution in [1.82, 2.24) is 9.97 Å². The van der Waals surface area contributed by atoms with Gasteiger partial charge in [0.15, 0.2) is 0 Å². The Hall–Kier alpha value is -3.25. The van der Waals surface area contributed by atoms with Gasteiger partial charge in [-0.1, -0.05) is 24.3 Å². The minimum atomic E-state index is -0.956. The molecule has 0 bridgehead atoms. The first-order valence-electron chi connectivity index (χ1n) is 8.85. The number of carbonyl (C=O) groups is 1. The van der Waals surface area contributed by atoms with E-state index in [-0.39, 0.29) is 5.56 Å². The number of nitrogens with one attached hydrogen (secondary N) is 1. The Kier molecular flexibility index (Phi) is 4.57. The van der Waals surface area contributed by atoms with Crippen LogP contribution >= 0.6 is 11.3 Å². The molecule has 5 nitrogen and oxygen atoms in total. The maximum Gasteiger partial charge on any atom is 0.335 e. The molecule has 0 aliphatic rings. The molecule has 28 heavy (non-hydrogen) atoms. The normalized spacial score (nSPS) is 11.0. The smallest absolute Gasteiger partial charge is 0.335 e. The molecule has 0 aliphatic carbocycles. The molecule has 0 saturated heterocycles. The minimum Gasteiger partial charge on any atom is -0.478 e. The lowest BCUT2D eigenvalue weighted by Gasteiger charge is -2.12. The SMILES string of the molecule is Cc1ccc(-c2csc3ncnc(Nc4cc(C(=O)O)ccc4C)c23)cc1C. The van der Waals surface area contributed by atoms with Gasteiger partial charge in [-0.15, -0.1) is 11.3 Å². The second-order valence-corrected chi connectivity index (χ2v) is 7.67. The zero-order valence-corrected chi connectivity index (χ0v) is 16.6. The highest BCUT2D eigenvalue weighted by atomic mass is 32.1. The van der Waals surface area contributed by atoms with E-state index in [1.165, 1.54) is 17.5 Å². The second kappa shape index (κ2) is 7.05. The number of anilines is 2. The summed E-state index contributed by atoms with van der Waals surface area (Å²) in [6.07, 6.45) is 1.53. The van der Waals surface area contributed by atoms with E-state index in [0.29, 0.717) is 5.82 Å². The molecular weight excluding hydrogens is 370 g/mol. The lowest BCUT2D eigenvalue weighted by Crippen LogP contribution is -2.01. The van der Waals surface area contributed by atoms with Crippen LogP contribution in [0.4, 0.5) is 11.5 Å².